The van der Waals surface area contributed by atoms with Gasteiger partial charge in [0.2, 0.25) is 5.91 Å². The first-order valence-electron chi connectivity index (χ1n) is 9.05. The quantitative estimate of drug-likeness (QED) is 0.761. The first-order valence-corrected chi connectivity index (χ1v) is 9.43. The second kappa shape index (κ2) is 9.11. The van der Waals surface area contributed by atoms with E-state index in [2.05, 4.69) is 4.90 Å². The molecule has 1 amide bonds. The Balaban J connectivity index is 1.56. The fourth-order valence-electron chi connectivity index (χ4n) is 3.32. The van der Waals surface area contributed by atoms with Crippen molar-refractivity contribution in [2.24, 2.45) is 0 Å². The zero-order chi connectivity index (χ0) is 19.2. The Hall–Kier alpha value is -2.24. The van der Waals surface area contributed by atoms with Gasteiger partial charge in [0.05, 0.1) is 20.6 Å². The summed E-state index contributed by atoms with van der Waals surface area (Å²) in [6, 6.07) is 13.4. The van der Waals surface area contributed by atoms with Crippen LogP contribution in [0.1, 0.15) is 11.1 Å². The van der Waals surface area contributed by atoms with E-state index in [1.165, 1.54) is 0 Å². The molecule has 0 unspecified atom stereocenters. The Morgan fingerprint density at radius 3 is 2.41 bits per heavy atom. The zero-order valence-corrected chi connectivity index (χ0v) is 16.5. The molecule has 5 nitrogen and oxygen atoms in total. The van der Waals surface area contributed by atoms with Crippen LogP contribution in [0.3, 0.4) is 0 Å². The normalized spacial score (nSPS) is 14.9. The number of carbonyl (C=O) groups excluding carboxylic acids is 1. The van der Waals surface area contributed by atoms with Crippen LogP contribution in [-0.4, -0.2) is 56.1 Å². The second-order valence-electron chi connectivity index (χ2n) is 6.60. The maximum atomic E-state index is 12.6. The molecule has 1 aliphatic rings. The predicted octanol–water partition coefficient (Wildman–Crippen LogP) is 3.24. The van der Waals surface area contributed by atoms with Gasteiger partial charge >= 0.3 is 0 Å². The van der Waals surface area contributed by atoms with Gasteiger partial charge in [-0.05, 0) is 29.8 Å². The van der Waals surface area contributed by atoms with Gasteiger partial charge in [-0.3, -0.25) is 9.69 Å². The van der Waals surface area contributed by atoms with Crippen LogP contribution in [0.5, 0.6) is 11.5 Å². The molecule has 0 aliphatic carbocycles. The van der Waals surface area contributed by atoms with Crippen molar-refractivity contribution in [3.8, 4) is 11.5 Å². The van der Waals surface area contributed by atoms with Crippen LogP contribution >= 0.6 is 11.6 Å². The fourth-order valence-corrected chi connectivity index (χ4v) is 3.52. The van der Waals surface area contributed by atoms with E-state index in [1.807, 2.05) is 47.4 Å². The molecule has 6 heteroatoms. The Morgan fingerprint density at radius 1 is 1.00 bits per heavy atom. The van der Waals surface area contributed by atoms with Gasteiger partial charge in [0.15, 0.2) is 0 Å². The van der Waals surface area contributed by atoms with Crippen molar-refractivity contribution in [2.45, 2.75) is 13.0 Å². The Morgan fingerprint density at radius 2 is 1.74 bits per heavy atom. The second-order valence-corrected chi connectivity index (χ2v) is 7.01. The van der Waals surface area contributed by atoms with Crippen LogP contribution in [0, 0.1) is 0 Å². The molecule has 0 aromatic heterocycles. The number of hydrogen-bond donors (Lipinski definition) is 0. The molecule has 1 aliphatic heterocycles. The third-order valence-electron chi connectivity index (χ3n) is 4.91. The van der Waals surface area contributed by atoms with Crippen LogP contribution < -0.4 is 9.47 Å². The topological polar surface area (TPSA) is 42.0 Å². The molecule has 1 heterocycles. The molecule has 0 N–H and O–H groups in total. The lowest BCUT2D eigenvalue weighted by Gasteiger charge is -2.35. The number of rotatable bonds is 6. The van der Waals surface area contributed by atoms with Gasteiger partial charge in [0.1, 0.15) is 11.5 Å². The number of amides is 1. The average Bonchev–Trinajstić information content (AvgIpc) is 2.70. The Bertz CT molecular complexity index is 789. The molecular weight excluding hydrogens is 364 g/mol. The third-order valence-corrected chi connectivity index (χ3v) is 5.27. The zero-order valence-electron chi connectivity index (χ0n) is 15.8. The number of piperazine rings is 1. The molecule has 0 spiro atoms. The lowest BCUT2D eigenvalue weighted by Crippen LogP contribution is -2.48. The van der Waals surface area contributed by atoms with Gasteiger partial charge < -0.3 is 14.4 Å². The first-order chi connectivity index (χ1) is 13.1. The van der Waals surface area contributed by atoms with E-state index in [0.29, 0.717) is 11.4 Å². The van der Waals surface area contributed by atoms with Gasteiger partial charge in [-0.15, -0.1) is 0 Å². The molecule has 3 rings (SSSR count). The molecule has 1 fully saturated rings. The third kappa shape index (κ3) is 4.93. The number of benzene rings is 2. The van der Waals surface area contributed by atoms with Gasteiger partial charge in [-0.2, -0.15) is 0 Å². The summed E-state index contributed by atoms with van der Waals surface area (Å²) in [5.74, 6) is 1.80. The number of methoxy groups -OCH3 is 2. The summed E-state index contributed by atoms with van der Waals surface area (Å²) < 4.78 is 10.8. The van der Waals surface area contributed by atoms with Crippen LogP contribution in [0.15, 0.2) is 42.5 Å². The van der Waals surface area contributed by atoms with Crippen molar-refractivity contribution >= 4 is 17.5 Å². The van der Waals surface area contributed by atoms with Gasteiger partial charge in [-0.1, -0.05) is 29.8 Å². The summed E-state index contributed by atoms with van der Waals surface area (Å²) in [5.41, 5.74) is 1.97. The molecule has 0 bridgehead atoms. The molecule has 0 saturated carbocycles. The largest absolute Gasteiger partial charge is 0.497 e. The lowest BCUT2D eigenvalue weighted by atomic mass is 10.1. The molecule has 27 heavy (non-hydrogen) atoms. The van der Waals surface area contributed by atoms with Crippen molar-refractivity contribution in [2.75, 3.05) is 40.4 Å². The molecule has 0 radical (unpaired) electrons. The Kier molecular flexibility index (Phi) is 6.58. The Labute approximate surface area is 165 Å². The highest BCUT2D eigenvalue weighted by Gasteiger charge is 2.22. The van der Waals surface area contributed by atoms with Crippen LogP contribution in [0.25, 0.3) is 0 Å². The summed E-state index contributed by atoms with van der Waals surface area (Å²) in [6.45, 7) is 3.86. The monoisotopic (exact) mass is 388 g/mol. The SMILES string of the molecule is COc1ccc(OC)c(CN2CCN(C(=O)Cc3ccccc3Cl)CC2)c1. The number of carbonyl (C=O) groups is 1. The lowest BCUT2D eigenvalue weighted by molar-refractivity contribution is -0.132. The summed E-state index contributed by atoms with van der Waals surface area (Å²) in [4.78, 5) is 16.8. The van der Waals surface area contributed by atoms with Gasteiger partial charge in [0.25, 0.3) is 0 Å². The number of ether oxygens (including phenoxy) is 2. The van der Waals surface area contributed by atoms with Crippen molar-refractivity contribution in [3.63, 3.8) is 0 Å². The maximum Gasteiger partial charge on any atom is 0.227 e. The minimum Gasteiger partial charge on any atom is -0.497 e. The van der Waals surface area contributed by atoms with Crippen LogP contribution in [-0.2, 0) is 17.8 Å². The summed E-state index contributed by atoms with van der Waals surface area (Å²) in [7, 11) is 3.34. The fraction of sp³-hybridized carbons (Fsp3) is 0.381. The number of nitrogens with zero attached hydrogens (tertiary/aromatic N) is 2. The van der Waals surface area contributed by atoms with E-state index in [4.69, 9.17) is 21.1 Å². The summed E-state index contributed by atoms with van der Waals surface area (Å²) in [5, 5.41) is 0.648. The van der Waals surface area contributed by atoms with Crippen molar-refractivity contribution < 1.29 is 14.3 Å². The molecule has 144 valence electrons. The van der Waals surface area contributed by atoms with Crippen molar-refractivity contribution in [1.29, 1.82) is 0 Å². The minimum atomic E-state index is 0.127. The maximum absolute atomic E-state index is 12.6. The predicted molar refractivity (Wildman–Crippen MR) is 107 cm³/mol. The van der Waals surface area contributed by atoms with Gasteiger partial charge in [0, 0.05) is 43.3 Å². The number of halogens is 1. The highest BCUT2D eigenvalue weighted by Crippen LogP contribution is 2.25. The molecule has 2 aromatic rings. The van der Waals surface area contributed by atoms with E-state index >= 15 is 0 Å². The van der Waals surface area contributed by atoms with E-state index < -0.39 is 0 Å². The standard InChI is InChI=1S/C21H25ClN2O3/c1-26-18-7-8-20(27-2)17(13-18)15-23-9-11-24(12-10-23)21(25)14-16-5-3-4-6-19(16)22/h3-8,13H,9-12,14-15H2,1-2H3. The van der Waals surface area contributed by atoms with E-state index in [-0.39, 0.29) is 5.91 Å². The minimum absolute atomic E-state index is 0.127. The van der Waals surface area contributed by atoms with Crippen LogP contribution in [0.4, 0.5) is 0 Å². The molecule has 2 aromatic carbocycles. The van der Waals surface area contributed by atoms with Gasteiger partial charge in [-0.25, -0.2) is 0 Å². The average molecular weight is 389 g/mol. The van der Waals surface area contributed by atoms with E-state index in [0.717, 1.165) is 55.3 Å². The van der Waals surface area contributed by atoms with E-state index in [1.54, 1.807) is 14.2 Å². The highest BCUT2D eigenvalue weighted by molar-refractivity contribution is 6.31. The summed E-state index contributed by atoms with van der Waals surface area (Å²) >= 11 is 6.17. The molecular formula is C21H25ClN2O3. The molecule has 1 saturated heterocycles. The molecule has 0 atom stereocenters. The van der Waals surface area contributed by atoms with Crippen molar-refractivity contribution in [3.05, 3.63) is 58.6 Å². The highest BCUT2D eigenvalue weighted by atomic mass is 35.5. The summed E-state index contributed by atoms with van der Waals surface area (Å²) in [6.07, 6.45) is 0.351. The first kappa shape index (κ1) is 19.5. The smallest absolute Gasteiger partial charge is 0.227 e. The van der Waals surface area contributed by atoms with Crippen molar-refractivity contribution in [1.82, 2.24) is 9.80 Å². The van der Waals surface area contributed by atoms with E-state index in [9.17, 15) is 4.79 Å². The number of hydrogen-bond acceptors (Lipinski definition) is 4. The van der Waals surface area contributed by atoms with Crippen LogP contribution in [0.2, 0.25) is 5.02 Å².